The van der Waals surface area contributed by atoms with Crippen molar-refractivity contribution >= 4 is 6.03 Å². The second-order valence-corrected chi connectivity index (χ2v) is 5.18. The SMILES string of the molecule is CCC(C)(CCO)NC(=O)NCc1ccccc1OC(F)F. The van der Waals surface area contributed by atoms with Crippen LogP contribution in [0.5, 0.6) is 5.75 Å². The number of rotatable bonds is 8. The molecule has 7 heteroatoms. The van der Waals surface area contributed by atoms with Gasteiger partial charge in [-0.1, -0.05) is 25.1 Å². The second kappa shape index (κ2) is 8.53. The summed E-state index contributed by atoms with van der Waals surface area (Å²) in [6.07, 6.45) is 1.09. The third-order valence-corrected chi connectivity index (χ3v) is 3.49. The summed E-state index contributed by atoms with van der Waals surface area (Å²) in [4.78, 5) is 11.9. The van der Waals surface area contributed by atoms with Crippen LogP contribution in [0, 0.1) is 0 Å². The molecule has 1 unspecified atom stereocenters. The van der Waals surface area contributed by atoms with Crippen molar-refractivity contribution in [1.82, 2.24) is 10.6 Å². The van der Waals surface area contributed by atoms with Crippen molar-refractivity contribution in [3.05, 3.63) is 29.8 Å². The standard InChI is InChI=1S/C15H22F2N2O3/c1-3-15(2,8-9-20)19-14(21)18-10-11-6-4-5-7-12(11)22-13(16)17/h4-7,13,20H,3,8-10H2,1-2H3,(H2,18,19,21). The van der Waals surface area contributed by atoms with Crippen LogP contribution in [0.2, 0.25) is 0 Å². The highest BCUT2D eigenvalue weighted by molar-refractivity contribution is 5.74. The van der Waals surface area contributed by atoms with Crippen molar-refractivity contribution in [2.45, 2.75) is 45.4 Å². The number of alkyl halides is 2. The molecule has 0 heterocycles. The van der Waals surface area contributed by atoms with E-state index >= 15 is 0 Å². The Kier molecular flexibility index (Phi) is 7.04. The Morgan fingerprint density at radius 2 is 2.09 bits per heavy atom. The first-order valence-electron chi connectivity index (χ1n) is 7.10. The van der Waals surface area contributed by atoms with Crippen LogP contribution in [-0.2, 0) is 6.54 Å². The number of urea groups is 1. The quantitative estimate of drug-likeness (QED) is 0.690. The van der Waals surface area contributed by atoms with E-state index in [1.165, 1.54) is 6.07 Å². The summed E-state index contributed by atoms with van der Waals surface area (Å²) < 4.78 is 29.0. The lowest BCUT2D eigenvalue weighted by molar-refractivity contribution is -0.0504. The van der Waals surface area contributed by atoms with E-state index in [0.717, 1.165) is 0 Å². The number of aliphatic hydroxyl groups is 1. The lowest BCUT2D eigenvalue weighted by Crippen LogP contribution is -2.50. The third kappa shape index (κ3) is 5.85. The molecule has 1 aromatic carbocycles. The van der Waals surface area contributed by atoms with Crippen LogP contribution in [0.15, 0.2) is 24.3 Å². The van der Waals surface area contributed by atoms with Gasteiger partial charge in [0.15, 0.2) is 0 Å². The van der Waals surface area contributed by atoms with Crippen molar-refractivity contribution in [2.75, 3.05) is 6.61 Å². The highest BCUT2D eigenvalue weighted by Crippen LogP contribution is 2.20. The highest BCUT2D eigenvalue weighted by Gasteiger charge is 2.23. The molecule has 124 valence electrons. The average molecular weight is 316 g/mol. The second-order valence-electron chi connectivity index (χ2n) is 5.18. The summed E-state index contributed by atoms with van der Waals surface area (Å²) in [5, 5.41) is 14.4. The molecule has 0 aliphatic heterocycles. The predicted octanol–water partition coefficient (Wildman–Crippen LogP) is 2.64. The van der Waals surface area contributed by atoms with Gasteiger partial charge in [-0.25, -0.2) is 4.79 Å². The number of para-hydroxylation sites is 1. The first-order valence-corrected chi connectivity index (χ1v) is 7.10. The van der Waals surface area contributed by atoms with Crippen LogP contribution in [0.3, 0.4) is 0 Å². The highest BCUT2D eigenvalue weighted by atomic mass is 19.3. The van der Waals surface area contributed by atoms with Crippen LogP contribution in [-0.4, -0.2) is 29.9 Å². The third-order valence-electron chi connectivity index (χ3n) is 3.49. The number of carbonyl (C=O) groups is 1. The largest absolute Gasteiger partial charge is 0.434 e. The Morgan fingerprint density at radius 1 is 1.41 bits per heavy atom. The van der Waals surface area contributed by atoms with Gasteiger partial charge in [-0.05, 0) is 25.8 Å². The zero-order valence-corrected chi connectivity index (χ0v) is 12.7. The van der Waals surface area contributed by atoms with E-state index in [1.54, 1.807) is 18.2 Å². The summed E-state index contributed by atoms with van der Waals surface area (Å²) in [7, 11) is 0. The van der Waals surface area contributed by atoms with E-state index in [4.69, 9.17) is 5.11 Å². The van der Waals surface area contributed by atoms with E-state index in [0.29, 0.717) is 18.4 Å². The molecule has 0 fully saturated rings. The van der Waals surface area contributed by atoms with Gasteiger partial charge in [0.1, 0.15) is 5.75 Å². The minimum Gasteiger partial charge on any atom is -0.434 e. The molecule has 1 atom stereocenters. The smallest absolute Gasteiger partial charge is 0.387 e. The Balaban J connectivity index is 2.61. The van der Waals surface area contributed by atoms with Gasteiger partial charge in [0, 0.05) is 24.3 Å². The number of carbonyl (C=O) groups excluding carboxylic acids is 1. The Bertz CT molecular complexity index is 486. The van der Waals surface area contributed by atoms with Crippen molar-refractivity contribution < 1.29 is 23.4 Å². The molecule has 5 nitrogen and oxygen atoms in total. The van der Waals surface area contributed by atoms with Gasteiger partial charge in [0.25, 0.3) is 0 Å². The summed E-state index contributed by atoms with van der Waals surface area (Å²) >= 11 is 0. The molecule has 0 spiro atoms. The van der Waals surface area contributed by atoms with Gasteiger partial charge < -0.3 is 20.5 Å². The molecule has 0 aromatic heterocycles. The van der Waals surface area contributed by atoms with E-state index in [1.807, 2.05) is 13.8 Å². The zero-order valence-electron chi connectivity index (χ0n) is 12.7. The number of nitrogens with one attached hydrogen (secondary N) is 2. The molecule has 2 amide bonds. The summed E-state index contributed by atoms with van der Waals surface area (Å²) in [6, 6.07) is 5.85. The molecule has 0 aliphatic rings. The van der Waals surface area contributed by atoms with Crippen LogP contribution in [0.4, 0.5) is 13.6 Å². The molecule has 0 saturated heterocycles. The number of aliphatic hydroxyl groups excluding tert-OH is 1. The Hall–Kier alpha value is -1.89. The molecule has 1 aromatic rings. The monoisotopic (exact) mass is 316 g/mol. The van der Waals surface area contributed by atoms with Crippen molar-refractivity contribution in [1.29, 1.82) is 0 Å². The van der Waals surface area contributed by atoms with Crippen LogP contribution in [0.25, 0.3) is 0 Å². The first kappa shape index (κ1) is 18.2. The normalized spacial score (nSPS) is 13.5. The fraction of sp³-hybridized carbons (Fsp3) is 0.533. The summed E-state index contributed by atoms with van der Waals surface area (Å²) in [5.74, 6) is 0.0337. The van der Waals surface area contributed by atoms with Gasteiger partial charge in [-0.2, -0.15) is 8.78 Å². The number of benzene rings is 1. The van der Waals surface area contributed by atoms with Gasteiger partial charge in [-0.3, -0.25) is 0 Å². The Morgan fingerprint density at radius 3 is 2.68 bits per heavy atom. The van der Waals surface area contributed by atoms with Crippen LogP contribution < -0.4 is 15.4 Å². The number of hydrogen-bond donors (Lipinski definition) is 3. The van der Waals surface area contributed by atoms with E-state index in [-0.39, 0.29) is 18.9 Å². The molecular formula is C15H22F2N2O3. The van der Waals surface area contributed by atoms with Gasteiger partial charge in [-0.15, -0.1) is 0 Å². The lowest BCUT2D eigenvalue weighted by Gasteiger charge is -2.29. The fourth-order valence-electron chi connectivity index (χ4n) is 1.93. The summed E-state index contributed by atoms with van der Waals surface area (Å²) in [6.45, 7) is 0.852. The first-order chi connectivity index (χ1) is 10.4. The molecule has 1 rings (SSSR count). The molecule has 0 aliphatic carbocycles. The van der Waals surface area contributed by atoms with Crippen molar-refractivity contribution in [2.24, 2.45) is 0 Å². The van der Waals surface area contributed by atoms with Crippen molar-refractivity contribution in [3.8, 4) is 5.75 Å². The minimum atomic E-state index is -2.91. The molecular weight excluding hydrogens is 294 g/mol. The lowest BCUT2D eigenvalue weighted by atomic mass is 9.95. The van der Waals surface area contributed by atoms with Gasteiger partial charge >= 0.3 is 12.6 Å². The molecule has 0 radical (unpaired) electrons. The number of ether oxygens (including phenoxy) is 1. The Labute approximate surface area is 128 Å². The summed E-state index contributed by atoms with van der Waals surface area (Å²) in [5.41, 5.74) is -0.0593. The topological polar surface area (TPSA) is 70.6 Å². The molecule has 0 saturated carbocycles. The van der Waals surface area contributed by atoms with Gasteiger partial charge in [0.05, 0.1) is 0 Å². The number of amides is 2. The molecule has 0 bridgehead atoms. The average Bonchev–Trinajstić information content (AvgIpc) is 2.46. The van der Waals surface area contributed by atoms with E-state index < -0.39 is 18.2 Å². The maximum Gasteiger partial charge on any atom is 0.387 e. The van der Waals surface area contributed by atoms with Crippen molar-refractivity contribution in [3.63, 3.8) is 0 Å². The fourth-order valence-corrected chi connectivity index (χ4v) is 1.93. The molecule has 22 heavy (non-hydrogen) atoms. The number of halogens is 2. The minimum absolute atomic E-state index is 0.0321. The van der Waals surface area contributed by atoms with Crippen LogP contribution >= 0.6 is 0 Å². The predicted molar refractivity (Wildman–Crippen MR) is 78.8 cm³/mol. The van der Waals surface area contributed by atoms with Gasteiger partial charge in [0.2, 0.25) is 0 Å². The van der Waals surface area contributed by atoms with E-state index in [9.17, 15) is 13.6 Å². The maximum atomic E-state index is 12.3. The number of hydrogen-bond acceptors (Lipinski definition) is 3. The zero-order chi connectivity index (χ0) is 16.6. The molecule has 3 N–H and O–H groups in total. The van der Waals surface area contributed by atoms with Crippen LogP contribution in [0.1, 0.15) is 32.3 Å². The van der Waals surface area contributed by atoms with E-state index in [2.05, 4.69) is 15.4 Å². The maximum absolute atomic E-state index is 12.3.